The monoisotopic (exact) mass is 109 g/mol. The van der Waals surface area contributed by atoms with Gasteiger partial charge in [0.1, 0.15) is 0 Å². The zero-order valence-electron chi connectivity index (χ0n) is 5.44. The van der Waals surface area contributed by atoms with Gasteiger partial charge in [0.15, 0.2) is 0 Å². The second kappa shape index (κ2) is 2.31. The topological polar surface area (TPSA) is 3.24 Å². The van der Waals surface area contributed by atoms with Crippen LogP contribution in [0.2, 0.25) is 0 Å². The molecule has 0 aliphatic carbocycles. The van der Waals surface area contributed by atoms with E-state index in [1.165, 1.54) is 12.0 Å². The molecule has 0 saturated carbocycles. The summed E-state index contributed by atoms with van der Waals surface area (Å²) in [6.07, 6.45) is 3.24. The quantitative estimate of drug-likeness (QED) is 0.453. The number of rotatable bonds is 0. The van der Waals surface area contributed by atoms with Gasteiger partial charge in [-0.25, -0.2) is 0 Å². The van der Waals surface area contributed by atoms with E-state index in [1.807, 2.05) is 13.1 Å². The van der Waals surface area contributed by atoms with Crippen LogP contribution in [0, 0.1) is 6.54 Å². The summed E-state index contributed by atoms with van der Waals surface area (Å²) in [5, 5.41) is 0. The first kappa shape index (κ1) is 5.83. The van der Waals surface area contributed by atoms with Crippen molar-refractivity contribution in [2.45, 2.75) is 13.3 Å². The smallest absolute Gasteiger partial charge is 0.0880 e. The molecule has 0 N–H and O–H groups in total. The minimum Gasteiger partial charge on any atom is -0.293 e. The molecule has 0 aromatic carbocycles. The summed E-state index contributed by atoms with van der Waals surface area (Å²) in [5.41, 5.74) is 1.43. The van der Waals surface area contributed by atoms with Gasteiger partial charge < -0.3 is 0 Å². The van der Waals surface area contributed by atoms with E-state index in [-0.39, 0.29) is 0 Å². The molecule has 1 aliphatic heterocycles. The van der Waals surface area contributed by atoms with Crippen molar-refractivity contribution in [2.24, 2.45) is 0 Å². The fraction of sp³-hybridized carbons (Fsp3) is 0.571. The first-order valence-corrected chi connectivity index (χ1v) is 2.92. The van der Waals surface area contributed by atoms with E-state index in [1.54, 1.807) is 0 Å². The highest BCUT2D eigenvalue weighted by Gasteiger charge is 2.02. The average Bonchev–Trinajstić information content (AvgIpc) is 1.77. The van der Waals surface area contributed by atoms with E-state index in [9.17, 15) is 0 Å². The molecule has 0 amide bonds. The van der Waals surface area contributed by atoms with Crippen LogP contribution in [0.3, 0.4) is 0 Å². The molecule has 1 aliphatic rings. The first-order chi connectivity index (χ1) is 3.79. The summed E-state index contributed by atoms with van der Waals surface area (Å²) in [6, 6.07) is 0. The minimum atomic E-state index is 1.13. The first-order valence-electron chi connectivity index (χ1n) is 2.92. The van der Waals surface area contributed by atoms with Crippen LogP contribution < -0.4 is 0 Å². The maximum absolute atomic E-state index is 3.10. The summed E-state index contributed by atoms with van der Waals surface area (Å²) in [7, 11) is 2.04. The molecule has 0 aromatic rings. The van der Waals surface area contributed by atoms with Gasteiger partial charge in [0.05, 0.1) is 6.54 Å². The fourth-order valence-electron chi connectivity index (χ4n) is 0.701. The van der Waals surface area contributed by atoms with Crippen LogP contribution in [-0.2, 0) is 0 Å². The van der Waals surface area contributed by atoms with Gasteiger partial charge in [0.2, 0.25) is 0 Å². The van der Waals surface area contributed by atoms with Crippen molar-refractivity contribution in [3.8, 4) is 0 Å². The summed E-state index contributed by atoms with van der Waals surface area (Å²) in [5.74, 6) is 0. The Labute approximate surface area is 51.0 Å². The van der Waals surface area contributed by atoms with E-state index in [4.69, 9.17) is 0 Å². The summed E-state index contributed by atoms with van der Waals surface area (Å²) >= 11 is 0. The molecule has 1 heteroatoms. The normalized spacial score (nSPS) is 23.0. The Morgan fingerprint density at radius 3 is 2.88 bits per heavy atom. The van der Waals surface area contributed by atoms with Crippen LogP contribution >= 0.6 is 0 Å². The van der Waals surface area contributed by atoms with Crippen molar-refractivity contribution in [2.75, 3.05) is 13.6 Å². The number of hydrogen-bond donors (Lipinski definition) is 0. The average molecular weight is 109 g/mol. The van der Waals surface area contributed by atoms with Gasteiger partial charge in [-0.15, -0.1) is 0 Å². The van der Waals surface area contributed by atoms with Gasteiger partial charge in [0, 0.05) is 6.54 Å². The lowest BCUT2D eigenvalue weighted by molar-refractivity contribution is 0.412. The second-order valence-electron chi connectivity index (χ2n) is 2.29. The molecule has 1 rings (SSSR count). The largest absolute Gasteiger partial charge is 0.293 e. The summed E-state index contributed by atoms with van der Waals surface area (Å²) in [4.78, 5) is 2.08. The molecular weight excluding hydrogens is 98.1 g/mol. The highest BCUT2D eigenvalue weighted by atomic mass is 15.1. The lowest BCUT2D eigenvalue weighted by Crippen LogP contribution is -2.19. The van der Waals surface area contributed by atoms with Crippen LogP contribution in [0.25, 0.3) is 0 Å². The maximum atomic E-state index is 3.10. The van der Waals surface area contributed by atoms with Crippen molar-refractivity contribution in [1.82, 2.24) is 4.90 Å². The Morgan fingerprint density at radius 2 is 2.50 bits per heavy atom. The van der Waals surface area contributed by atoms with E-state index in [2.05, 4.69) is 18.4 Å². The zero-order chi connectivity index (χ0) is 5.98. The van der Waals surface area contributed by atoms with E-state index < -0.39 is 0 Å². The van der Waals surface area contributed by atoms with Crippen LogP contribution in [0.5, 0.6) is 0 Å². The van der Waals surface area contributed by atoms with Gasteiger partial charge in [-0.3, -0.25) is 4.90 Å². The lowest BCUT2D eigenvalue weighted by Gasteiger charge is -2.18. The van der Waals surface area contributed by atoms with Crippen LogP contribution in [-0.4, -0.2) is 18.5 Å². The van der Waals surface area contributed by atoms with Gasteiger partial charge in [-0.1, -0.05) is 11.6 Å². The van der Waals surface area contributed by atoms with Crippen molar-refractivity contribution in [1.29, 1.82) is 0 Å². The molecule has 0 unspecified atom stereocenters. The van der Waals surface area contributed by atoms with Crippen LogP contribution in [0.15, 0.2) is 11.6 Å². The van der Waals surface area contributed by atoms with Crippen LogP contribution in [0.1, 0.15) is 13.3 Å². The molecule has 44 valence electrons. The molecule has 8 heavy (non-hydrogen) atoms. The fourth-order valence-corrected chi connectivity index (χ4v) is 0.701. The standard InChI is InChI=1S/C7H11N/c1-7-3-5-8(2)6-4-7/h3H,4,6H2,1-2H3. The van der Waals surface area contributed by atoms with Gasteiger partial charge in [0.25, 0.3) is 0 Å². The highest BCUT2D eigenvalue weighted by Crippen LogP contribution is 2.09. The molecule has 2 radical (unpaired) electrons. The third-order valence-corrected chi connectivity index (χ3v) is 1.37. The Morgan fingerprint density at radius 1 is 1.75 bits per heavy atom. The minimum absolute atomic E-state index is 1.13. The summed E-state index contributed by atoms with van der Waals surface area (Å²) < 4.78 is 0. The van der Waals surface area contributed by atoms with Gasteiger partial charge in [-0.05, 0) is 20.4 Å². The Balaban J connectivity index is 2.42. The van der Waals surface area contributed by atoms with E-state index in [0.29, 0.717) is 0 Å². The number of likely N-dealkylation sites (N-methyl/N-ethyl adjacent to an activating group) is 1. The molecule has 0 atom stereocenters. The maximum Gasteiger partial charge on any atom is 0.0880 e. The SMILES string of the molecule is CC1=C[C]N(C)CC1. The Kier molecular flexibility index (Phi) is 1.69. The van der Waals surface area contributed by atoms with E-state index >= 15 is 0 Å². The number of hydrogen-bond acceptors (Lipinski definition) is 1. The predicted molar refractivity (Wildman–Crippen MR) is 34.2 cm³/mol. The van der Waals surface area contributed by atoms with Crippen molar-refractivity contribution in [3.63, 3.8) is 0 Å². The highest BCUT2D eigenvalue weighted by molar-refractivity contribution is 5.08. The van der Waals surface area contributed by atoms with Crippen molar-refractivity contribution < 1.29 is 0 Å². The van der Waals surface area contributed by atoms with Crippen molar-refractivity contribution in [3.05, 3.63) is 18.2 Å². The lowest BCUT2D eigenvalue weighted by atomic mass is 10.1. The summed E-state index contributed by atoms with van der Waals surface area (Å²) in [6.45, 7) is 6.37. The zero-order valence-corrected chi connectivity index (χ0v) is 5.44. The molecular formula is C7H11N. The second-order valence-corrected chi connectivity index (χ2v) is 2.29. The molecule has 1 heterocycles. The number of nitrogens with zero attached hydrogens (tertiary/aromatic N) is 1. The molecule has 0 saturated heterocycles. The third kappa shape index (κ3) is 1.34. The molecule has 0 spiro atoms. The van der Waals surface area contributed by atoms with E-state index in [0.717, 1.165) is 6.54 Å². The predicted octanol–water partition coefficient (Wildman–Crippen LogP) is 1.31. The van der Waals surface area contributed by atoms with Gasteiger partial charge in [-0.2, -0.15) is 0 Å². The Bertz CT molecular complexity index is 105. The van der Waals surface area contributed by atoms with Gasteiger partial charge >= 0.3 is 0 Å². The molecule has 0 fully saturated rings. The molecule has 0 bridgehead atoms. The molecule has 0 aromatic heterocycles. The molecule has 1 nitrogen and oxygen atoms in total. The Hall–Kier alpha value is -0.300. The van der Waals surface area contributed by atoms with Crippen molar-refractivity contribution >= 4 is 0 Å². The third-order valence-electron chi connectivity index (χ3n) is 1.37. The van der Waals surface area contributed by atoms with Crippen LogP contribution in [0.4, 0.5) is 0 Å².